The Morgan fingerprint density at radius 3 is 3.04 bits per heavy atom. The quantitative estimate of drug-likeness (QED) is 0.757. The number of fused-ring (bicyclic) bond motifs is 1. The molecule has 0 spiro atoms. The van der Waals surface area contributed by atoms with Gasteiger partial charge >= 0.3 is 0 Å². The Balaban J connectivity index is 1.64. The minimum Gasteiger partial charge on any atom is -0.497 e. The number of rotatable bonds is 6. The number of aromatic amines is 1. The largest absolute Gasteiger partial charge is 0.497 e. The molecule has 1 heterocycles. The van der Waals surface area contributed by atoms with E-state index < -0.39 is 0 Å². The van der Waals surface area contributed by atoms with Crippen LogP contribution < -0.4 is 10.1 Å². The summed E-state index contributed by atoms with van der Waals surface area (Å²) in [4.78, 5) is 12.5. The third-order valence-corrected chi connectivity index (χ3v) is 5.25. The number of hydrogen-bond acceptors (Lipinski definition) is 4. The molecule has 1 aromatic carbocycles. The number of hydrogen-bond donors (Lipinski definition) is 2. The number of amides is 1. The van der Waals surface area contributed by atoms with Crippen LogP contribution in [0.4, 0.5) is 0 Å². The summed E-state index contributed by atoms with van der Waals surface area (Å²) in [5.41, 5.74) is 2.58. The molecule has 1 aromatic heterocycles. The highest BCUT2D eigenvalue weighted by molar-refractivity contribution is 7.71. The molecule has 6 nitrogen and oxygen atoms in total. The number of aromatic nitrogens is 3. The highest BCUT2D eigenvalue weighted by Crippen LogP contribution is 2.35. The van der Waals surface area contributed by atoms with E-state index in [2.05, 4.69) is 27.6 Å². The molecule has 1 aliphatic rings. The molecular formula is C19H26N4O2S. The zero-order valence-electron chi connectivity index (χ0n) is 15.5. The van der Waals surface area contributed by atoms with Gasteiger partial charge in [-0.05, 0) is 74.5 Å². The molecule has 1 unspecified atom stereocenters. The summed E-state index contributed by atoms with van der Waals surface area (Å²) in [5.74, 6) is 1.94. The van der Waals surface area contributed by atoms with Crippen LogP contribution in [0.2, 0.25) is 0 Å². The smallest absolute Gasteiger partial charge is 0.220 e. The molecule has 0 radical (unpaired) electrons. The normalized spacial score (nSPS) is 16.4. The molecule has 2 aromatic rings. The van der Waals surface area contributed by atoms with E-state index in [0.717, 1.165) is 30.8 Å². The zero-order valence-corrected chi connectivity index (χ0v) is 16.4. The lowest BCUT2D eigenvalue weighted by atomic mass is 9.81. The molecule has 0 bridgehead atoms. The number of nitrogens with one attached hydrogen (secondary N) is 2. The molecule has 0 saturated heterocycles. The maximum absolute atomic E-state index is 12.5. The number of carbonyl (C=O) groups is 1. The van der Waals surface area contributed by atoms with E-state index in [4.69, 9.17) is 17.0 Å². The van der Waals surface area contributed by atoms with Gasteiger partial charge in [-0.2, -0.15) is 5.10 Å². The Morgan fingerprint density at radius 1 is 1.50 bits per heavy atom. The predicted octanol–water partition coefficient (Wildman–Crippen LogP) is 3.66. The molecule has 1 atom stereocenters. The van der Waals surface area contributed by atoms with Gasteiger partial charge in [0.2, 0.25) is 5.91 Å². The number of methoxy groups -OCH3 is 1. The maximum atomic E-state index is 12.5. The van der Waals surface area contributed by atoms with Crippen molar-refractivity contribution >= 4 is 18.1 Å². The van der Waals surface area contributed by atoms with Crippen LogP contribution in [0.5, 0.6) is 5.75 Å². The van der Waals surface area contributed by atoms with Crippen molar-refractivity contribution in [3.8, 4) is 5.75 Å². The van der Waals surface area contributed by atoms with Crippen molar-refractivity contribution in [2.24, 2.45) is 0 Å². The zero-order chi connectivity index (χ0) is 18.7. The van der Waals surface area contributed by atoms with Crippen LogP contribution in [0.25, 0.3) is 0 Å². The number of nitrogens with zero attached hydrogens (tertiary/aromatic N) is 2. The van der Waals surface area contributed by atoms with Gasteiger partial charge in [0.15, 0.2) is 10.6 Å². The second-order valence-corrected chi connectivity index (χ2v) is 7.43. The van der Waals surface area contributed by atoms with E-state index >= 15 is 0 Å². The van der Waals surface area contributed by atoms with Gasteiger partial charge in [0.25, 0.3) is 0 Å². The summed E-state index contributed by atoms with van der Waals surface area (Å²) < 4.78 is 7.83. The highest BCUT2D eigenvalue weighted by atomic mass is 32.1. The molecule has 3 rings (SSSR count). The molecule has 1 amide bonds. The molecule has 140 valence electrons. The first-order chi connectivity index (χ1) is 12.5. The van der Waals surface area contributed by atoms with Gasteiger partial charge in [0.1, 0.15) is 5.75 Å². The second-order valence-electron chi connectivity index (χ2n) is 7.04. The van der Waals surface area contributed by atoms with E-state index in [1.807, 2.05) is 24.5 Å². The summed E-state index contributed by atoms with van der Waals surface area (Å²) >= 11 is 5.25. The van der Waals surface area contributed by atoms with Crippen molar-refractivity contribution in [2.45, 2.75) is 58.0 Å². The van der Waals surface area contributed by atoms with Crippen molar-refractivity contribution in [1.29, 1.82) is 0 Å². The van der Waals surface area contributed by atoms with Gasteiger partial charge in [-0.1, -0.05) is 6.07 Å². The Hall–Kier alpha value is -2.15. The molecular weight excluding hydrogens is 348 g/mol. The van der Waals surface area contributed by atoms with Crippen LogP contribution in [0.3, 0.4) is 0 Å². The van der Waals surface area contributed by atoms with Crippen molar-refractivity contribution in [3.63, 3.8) is 0 Å². The summed E-state index contributed by atoms with van der Waals surface area (Å²) in [6.45, 7) is 4.47. The fraction of sp³-hybridized carbons (Fsp3) is 0.526. The van der Waals surface area contributed by atoms with Crippen molar-refractivity contribution in [3.05, 3.63) is 39.9 Å². The summed E-state index contributed by atoms with van der Waals surface area (Å²) in [7, 11) is 1.68. The average Bonchev–Trinajstić information content (AvgIpc) is 3.00. The predicted molar refractivity (Wildman–Crippen MR) is 103 cm³/mol. The fourth-order valence-corrected chi connectivity index (χ4v) is 4.06. The Kier molecular flexibility index (Phi) is 5.76. The topological polar surface area (TPSA) is 71.9 Å². The summed E-state index contributed by atoms with van der Waals surface area (Å²) in [5, 5.41) is 10.0. The maximum Gasteiger partial charge on any atom is 0.220 e. The molecule has 7 heteroatoms. The molecule has 0 fully saturated rings. The number of H-pyrrole nitrogens is 1. The number of benzene rings is 1. The molecule has 26 heavy (non-hydrogen) atoms. The van der Waals surface area contributed by atoms with Gasteiger partial charge < -0.3 is 14.6 Å². The molecule has 0 saturated carbocycles. The third-order valence-electron chi connectivity index (χ3n) is 4.96. The van der Waals surface area contributed by atoms with Crippen LogP contribution in [0.15, 0.2) is 18.2 Å². The molecule has 0 aliphatic heterocycles. The lowest BCUT2D eigenvalue weighted by Gasteiger charge is -2.25. The first kappa shape index (κ1) is 18.6. The van der Waals surface area contributed by atoms with Crippen molar-refractivity contribution in [1.82, 2.24) is 20.1 Å². The second kappa shape index (κ2) is 8.03. The van der Waals surface area contributed by atoms with Crippen molar-refractivity contribution < 1.29 is 9.53 Å². The Bertz CT molecular complexity index is 840. The fourth-order valence-electron chi connectivity index (χ4n) is 3.70. The van der Waals surface area contributed by atoms with Gasteiger partial charge in [0, 0.05) is 12.5 Å². The average molecular weight is 375 g/mol. The third kappa shape index (κ3) is 3.98. The number of carbonyl (C=O) groups excluding carboxylic acids is 1. The lowest BCUT2D eigenvalue weighted by Crippen LogP contribution is -2.27. The van der Waals surface area contributed by atoms with Crippen LogP contribution in [0.1, 0.15) is 62.0 Å². The van der Waals surface area contributed by atoms with Crippen LogP contribution in [0, 0.1) is 4.77 Å². The van der Waals surface area contributed by atoms with Crippen LogP contribution in [-0.4, -0.2) is 27.8 Å². The summed E-state index contributed by atoms with van der Waals surface area (Å²) in [6.07, 6.45) is 3.68. The highest BCUT2D eigenvalue weighted by Gasteiger charge is 2.23. The van der Waals surface area contributed by atoms with E-state index in [-0.39, 0.29) is 17.9 Å². The Morgan fingerprint density at radius 2 is 2.31 bits per heavy atom. The SMILES string of the molecule is COc1ccc2c(c1)CCCC2CC(=O)NCc1n[nH]c(=S)n1C(C)C. The number of aryl methyl sites for hydroxylation is 1. The van der Waals surface area contributed by atoms with Gasteiger partial charge in [-0.3, -0.25) is 9.89 Å². The monoisotopic (exact) mass is 374 g/mol. The minimum atomic E-state index is 0.0443. The van der Waals surface area contributed by atoms with E-state index in [9.17, 15) is 4.79 Å². The van der Waals surface area contributed by atoms with Crippen LogP contribution >= 0.6 is 12.2 Å². The van der Waals surface area contributed by atoms with E-state index in [0.29, 0.717) is 17.7 Å². The van der Waals surface area contributed by atoms with Gasteiger partial charge in [-0.25, -0.2) is 0 Å². The Labute approximate surface area is 159 Å². The first-order valence-corrected chi connectivity index (χ1v) is 9.49. The van der Waals surface area contributed by atoms with E-state index in [1.54, 1.807) is 7.11 Å². The summed E-state index contributed by atoms with van der Waals surface area (Å²) in [6, 6.07) is 6.39. The lowest BCUT2D eigenvalue weighted by molar-refractivity contribution is -0.121. The van der Waals surface area contributed by atoms with Gasteiger partial charge in [0.05, 0.1) is 13.7 Å². The number of ether oxygens (including phenoxy) is 1. The van der Waals surface area contributed by atoms with Crippen LogP contribution in [-0.2, 0) is 17.8 Å². The first-order valence-electron chi connectivity index (χ1n) is 9.09. The molecule has 1 aliphatic carbocycles. The standard InChI is InChI=1S/C19H26N4O2S/c1-12(2)23-17(21-22-19(23)26)11-20-18(24)10-14-6-4-5-13-9-15(25-3)7-8-16(13)14/h7-9,12,14H,4-6,10-11H2,1-3H3,(H,20,24)(H,22,26). The van der Waals surface area contributed by atoms with E-state index in [1.165, 1.54) is 11.1 Å². The van der Waals surface area contributed by atoms with Gasteiger partial charge in [-0.15, -0.1) is 0 Å². The molecule has 2 N–H and O–H groups in total. The van der Waals surface area contributed by atoms with Crippen molar-refractivity contribution in [2.75, 3.05) is 7.11 Å². The minimum absolute atomic E-state index is 0.0443.